The Morgan fingerprint density at radius 1 is 1.31 bits per heavy atom. The van der Waals surface area contributed by atoms with Crippen molar-refractivity contribution < 1.29 is 0 Å². The van der Waals surface area contributed by atoms with Crippen LogP contribution < -0.4 is 11.1 Å². The molecule has 1 aromatic rings. The van der Waals surface area contributed by atoms with Gasteiger partial charge < -0.3 is 11.1 Å². The molecule has 0 aliphatic rings. The van der Waals surface area contributed by atoms with Crippen molar-refractivity contribution in [3.05, 3.63) is 18.3 Å². The van der Waals surface area contributed by atoms with Gasteiger partial charge in [-0.1, -0.05) is 32.6 Å². The highest BCUT2D eigenvalue weighted by Crippen LogP contribution is 2.12. The van der Waals surface area contributed by atoms with E-state index in [1.54, 1.807) is 6.20 Å². The average molecular weight is 221 g/mol. The monoisotopic (exact) mass is 221 g/mol. The number of hydrogen-bond acceptors (Lipinski definition) is 3. The standard InChI is InChI=1S/C13H23N3/c1-3-4-5-6-7-11(2)16-12-8-9-13(14)15-10-12/h8-11,16H,3-7H2,1-2H3,(H2,14,15). The molecule has 0 spiro atoms. The number of aromatic nitrogens is 1. The summed E-state index contributed by atoms with van der Waals surface area (Å²) in [4.78, 5) is 4.06. The predicted molar refractivity (Wildman–Crippen MR) is 70.5 cm³/mol. The molecule has 0 saturated heterocycles. The molecule has 0 radical (unpaired) electrons. The van der Waals surface area contributed by atoms with Crippen LogP contribution in [0, 0.1) is 0 Å². The van der Waals surface area contributed by atoms with E-state index < -0.39 is 0 Å². The first-order chi connectivity index (χ1) is 7.72. The second-order valence-electron chi connectivity index (χ2n) is 4.37. The van der Waals surface area contributed by atoms with Crippen molar-refractivity contribution in [2.24, 2.45) is 0 Å². The largest absolute Gasteiger partial charge is 0.384 e. The molecule has 1 atom stereocenters. The van der Waals surface area contributed by atoms with Crippen molar-refractivity contribution in [2.45, 2.75) is 52.0 Å². The smallest absolute Gasteiger partial charge is 0.123 e. The van der Waals surface area contributed by atoms with Crippen molar-refractivity contribution in [1.82, 2.24) is 4.98 Å². The highest BCUT2D eigenvalue weighted by Gasteiger charge is 2.01. The first-order valence-electron chi connectivity index (χ1n) is 6.20. The van der Waals surface area contributed by atoms with Gasteiger partial charge in [0.1, 0.15) is 5.82 Å². The molecule has 0 saturated carbocycles. The SMILES string of the molecule is CCCCCCC(C)Nc1ccc(N)nc1. The molecule has 1 unspecified atom stereocenters. The van der Waals surface area contributed by atoms with Gasteiger partial charge >= 0.3 is 0 Å². The molecule has 0 aliphatic carbocycles. The van der Waals surface area contributed by atoms with Crippen LogP contribution >= 0.6 is 0 Å². The summed E-state index contributed by atoms with van der Waals surface area (Å²) in [7, 11) is 0. The Labute approximate surface area is 98.5 Å². The van der Waals surface area contributed by atoms with Gasteiger partial charge in [0.2, 0.25) is 0 Å². The first kappa shape index (κ1) is 12.8. The highest BCUT2D eigenvalue weighted by atomic mass is 14.9. The predicted octanol–water partition coefficient (Wildman–Crippen LogP) is 3.43. The van der Waals surface area contributed by atoms with Crippen molar-refractivity contribution in [3.63, 3.8) is 0 Å². The third-order valence-corrected chi connectivity index (χ3v) is 2.69. The molecule has 0 amide bonds. The molecule has 1 heterocycles. The molecule has 0 aromatic carbocycles. The van der Waals surface area contributed by atoms with Crippen LogP contribution in [0.3, 0.4) is 0 Å². The van der Waals surface area contributed by atoms with Crippen LogP contribution in [0.25, 0.3) is 0 Å². The number of nitrogens with two attached hydrogens (primary N) is 1. The summed E-state index contributed by atoms with van der Waals surface area (Å²) in [6, 6.07) is 4.30. The second kappa shape index (κ2) is 7.09. The molecule has 16 heavy (non-hydrogen) atoms. The fourth-order valence-electron chi connectivity index (χ4n) is 1.72. The summed E-state index contributed by atoms with van der Waals surface area (Å²) < 4.78 is 0. The molecule has 0 aliphatic heterocycles. The normalized spacial score (nSPS) is 12.4. The zero-order valence-corrected chi connectivity index (χ0v) is 10.4. The Hall–Kier alpha value is -1.25. The van der Waals surface area contributed by atoms with Crippen LogP contribution in [0.5, 0.6) is 0 Å². The van der Waals surface area contributed by atoms with Crippen LogP contribution in [0.4, 0.5) is 11.5 Å². The minimum atomic E-state index is 0.502. The van der Waals surface area contributed by atoms with Gasteiger partial charge in [0, 0.05) is 6.04 Å². The maximum atomic E-state index is 5.53. The Kier molecular flexibility index (Phi) is 5.68. The molecule has 3 nitrogen and oxygen atoms in total. The number of hydrogen-bond donors (Lipinski definition) is 2. The topological polar surface area (TPSA) is 50.9 Å². The van der Waals surface area contributed by atoms with E-state index in [1.807, 2.05) is 12.1 Å². The zero-order valence-electron chi connectivity index (χ0n) is 10.4. The van der Waals surface area contributed by atoms with E-state index in [-0.39, 0.29) is 0 Å². The lowest BCUT2D eigenvalue weighted by Gasteiger charge is -2.14. The van der Waals surface area contributed by atoms with Gasteiger partial charge in [0.25, 0.3) is 0 Å². The van der Waals surface area contributed by atoms with Gasteiger partial charge in [-0.15, -0.1) is 0 Å². The van der Waals surface area contributed by atoms with Gasteiger partial charge in [0.15, 0.2) is 0 Å². The van der Waals surface area contributed by atoms with E-state index in [4.69, 9.17) is 5.73 Å². The number of pyridine rings is 1. The van der Waals surface area contributed by atoms with Crippen molar-refractivity contribution in [2.75, 3.05) is 11.1 Å². The number of nitrogen functional groups attached to an aromatic ring is 1. The van der Waals surface area contributed by atoms with Crippen LogP contribution in [0.15, 0.2) is 18.3 Å². The Morgan fingerprint density at radius 3 is 2.75 bits per heavy atom. The molecule has 90 valence electrons. The number of nitrogens with one attached hydrogen (secondary N) is 1. The van der Waals surface area contributed by atoms with Crippen LogP contribution in [0.1, 0.15) is 46.0 Å². The molecule has 0 bridgehead atoms. The number of rotatable bonds is 7. The van der Waals surface area contributed by atoms with Crippen LogP contribution in [-0.2, 0) is 0 Å². The highest BCUT2D eigenvalue weighted by molar-refractivity contribution is 5.45. The Balaban J connectivity index is 2.23. The van der Waals surface area contributed by atoms with Crippen molar-refractivity contribution in [1.29, 1.82) is 0 Å². The zero-order chi connectivity index (χ0) is 11.8. The van der Waals surface area contributed by atoms with E-state index in [2.05, 4.69) is 24.1 Å². The minimum absolute atomic E-state index is 0.502. The summed E-state index contributed by atoms with van der Waals surface area (Å²) in [5.74, 6) is 0.571. The maximum absolute atomic E-state index is 5.53. The lowest BCUT2D eigenvalue weighted by Crippen LogP contribution is -2.15. The third-order valence-electron chi connectivity index (χ3n) is 2.69. The Morgan fingerprint density at radius 2 is 2.12 bits per heavy atom. The van der Waals surface area contributed by atoms with Gasteiger partial charge in [-0.25, -0.2) is 4.98 Å². The van der Waals surface area contributed by atoms with Crippen LogP contribution in [-0.4, -0.2) is 11.0 Å². The van der Waals surface area contributed by atoms with E-state index >= 15 is 0 Å². The molecule has 0 fully saturated rings. The van der Waals surface area contributed by atoms with Gasteiger partial charge in [0.05, 0.1) is 11.9 Å². The van der Waals surface area contributed by atoms with Gasteiger partial charge in [-0.05, 0) is 25.5 Å². The maximum Gasteiger partial charge on any atom is 0.123 e. The Bertz CT molecular complexity index is 282. The number of unbranched alkanes of at least 4 members (excludes halogenated alkanes) is 3. The van der Waals surface area contributed by atoms with E-state index in [0.29, 0.717) is 11.9 Å². The third kappa shape index (κ3) is 5.01. The van der Waals surface area contributed by atoms with E-state index in [0.717, 1.165) is 5.69 Å². The van der Waals surface area contributed by atoms with Crippen molar-refractivity contribution in [3.8, 4) is 0 Å². The van der Waals surface area contributed by atoms with E-state index in [1.165, 1.54) is 32.1 Å². The molecule has 3 N–H and O–H groups in total. The second-order valence-corrected chi connectivity index (χ2v) is 4.37. The van der Waals surface area contributed by atoms with E-state index in [9.17, 15) is 0 Å². The molecule has 1 rings (SSSR count). The number of anilines is 2. The minimum Gasteiger partial charge on any atom is -0.384 e. The van der Waals surface area contributed by atoms with Crippen molar-refractivity contribution >= 4 is 11.5 Å². The average Bonchev–Trinajstić information content (AvgIpc) is 2.28. The summed E-state index contributed by atoms with van der Waals surface area (Å²) in [6.45, 7) is 4.45. The molecule has 1 aromatic heterocycles. The van der Waals surface area contributed by atoms with Crippen LogP contribution in [0.2, 0.25) is 0 Å². The fraction of sp³-hybridized carbons (Fsp3) is 0.615. The molecular formula is C13H23N3. The van der Waals surface area contributed by atoms with Gasteiger partial charge in [-0.2, -0.15) is 0 Å². The summed E-state index contributed by atoms with van der Waals surface area (Å²) in [5.41, 5.74) is 6.59. The lowest BCUT2D eigenvalue weighted by molar-refractivity contribution is 0.594. The first-order valence-corrected chi connectivity index (χ1v) is 6.20. The fourth-order valence-corrected chi connectivity index (χ4v) is 1.72. The summed E-state index contributed by atoms with van der Waals surface area (Å²) in [6.07, 6.45) is 8.27. The summed E-state index contributed by atoms with van der Waals surface area (Å²) >= 11 is 0. The number of nitrogens with zero attached hydrogens (tertiary/aromatic N) is 1. The molecular weight excluding hydrogens is 198 g/mol. The quantitative estimate of drug-likeness (QED) is 0.693. The lowest BCUT2D eigenvalue weighted by atomic mass is 10.1. The van der Waals surface area contributed by atoms with Gasteiger partial charge in [-0.3, -0.25) is 0 Å². The summed E-state index contributed by atoms with van der Waals surface area (Å²) in [5, 5.41) is 3.43. The molecule has 3 heteroatoms.